The summed E-state index contributed by atoms with van der Waals surface area (Å²) in [7, 11) is 1.57. The minimum atomic E-state index is -0.782. The van der Waals surface area contributed by atoms with Crippen molar-refractivity contribution >= 4 is 23.1 Å². The van der Waals surface area contributed by atoms with Crippen LogP contribution in [0.1, 0.15) is 49.1 Å². The van der Waals surface area contributed by atoms with Gasteiger partial charge in [-0.15, -0.1) is 0 Å². The van der Waals surface area contributed by atoms with Gasteiger partial charge in [0.25, 0.3) is 11.7 Å². The first kappa shape index (κ1) is 25.0. The van der Waals surface area contributed by atoms with Gasteiger partial charge in [-0.1, -0.05) is 31.2 Å². The molecule has 3 aromatic rings. The number of nitrogens with zero attached hydrogens (tertiary/aromatic N) is 1. The van der Waals surface area contributed by atoms with Gasteiger partial charge in [0, 0.05) is 11.3 Å². The van der Waals surface area contributed by atoms with Gasteiger partial charge in [0.15, 0.2) is 0 Å². The normalized spacial score (nSPS) is 17.1. The number of ketones is 1. The van der Waals surface area contributed by atoms with Crippen molar-refractivity contribution in [3.05, 3.63) is 94.6 Å². The summed E-state index contributed by atoms with van der Waals surface area (Å²) in [4.78, 5) is 28.2. The van der Waals surface area contributed by atoms with E-state index in [1.165, 1.54) is 4.90 Å². The molecule has 36 heavy (non-hydrogen) atoms. The summed E-state index contributed by atoms with van der Waals surface area (Å²) < 4.78 is 11.1. The summed E-state index contributed by atoms with van der Waals surface area (Å²) >= 11 is 0. The average molecular weight is 486 g/mol. The van der Waals surface area contributed by atoms with Gasteiger partial charge in [-0.3, -0.25) is 14.5 Å². The number of aliphatic hydroxyl groups excluding tert-OH is 1. The van der Waals surface area contributed by atoms with Crippen LogP contribution in [0.3, 0.4) is 0 Å². The zero-order chi connectivity index (χ0) is 26.0. The second-order valence-electron chi connectivity index (χ2n) is 9.11. The number of hydrogen-bond acceptors (Lipinski definition) is 5. The molecule has 6 heteroatoms. The van der Waals surface area contributed by atoms with Crippen LogP contribution < -0.4 is 14.4 Å². The molecule has 1 N–H and O–H groups in total. The number of anilines is 1. The Balaban J connectivity index is 1.87. The molecule has 186 valence electrons. The zero-order valence-electron chi connectivity index (χ0n) is 21.2. The van der Waals surface area contributed by atoms with E-state index in [0.717, 1.165) is 23.1 Å². The molecule has 1 fully saturated rings. The molecule has 1 saturated heterocycles. The molecule has 0 aromatic heterocycles. The smallest absolute Gasteiger partial charge is 0.300 e. The van der Waals surface area contributed by atoms with Crippen LogP contribution in [-0.2, 0) is 16.0 Å². The van der Waals surface area contributed by atoms with E-state index in [-0.39, 0.29) is 17.4 Å². The number of carbonyl (C=O) groups excluding carboxylic acids is 2. The molecule has 4 rings (SSSR count). The molecule has 1 aliphatic rings. The number of aliphatic hydroxyl groups is 1. The van der Waals surface area contributed by atoms with Crippen LogP contribution >= 0.6 is 0 Å². The fourth-order valence-corrected chi connectivity index (χ4v) is 4.49. The Hall–Kier alpha value is -4.06. The molecule has 0 bridgehead atoms. The molecular formula is C30H31NO5. The molecule has 0 aliphatic carbocycles. The maximum Gasteiger partial charge on any atom is 0.300 e. The standard InChI is InChI=1S/C30H31NO5/c1-6-20-7-9-21(10-8-20)27-26(28(32)22-11-16-25(35-5)19(4)17-22)29(33)30(34)31(27)23-12-14-24(15-13-23)36-18(2)3/h7-18,27,32H,6H2,1-5H3/b28-26-. The second kappa shape index (κ2) is 10.3. The summed E-state index contributed by atoms with van der Waals surface area (Å²) in [6.07, 6.45) is 0.873. The summed E-state index contributed by atoms with van der Waals surface area (Å²) in [5.41, 5.74) is 3.72. The van der Waals surface area contributed by atoms with Gasteiger partial charge < -0.3 is 14.6 Å². The molecule has 0 spiro atoms. The first-order valence-corrected chi connectivity index (χ1v) is 12.1. The van der Waals surface area contributed by atoms with E-state index in [1.54, 1.807) is 49.6 Å². The van der Waals surface area contributed by atoms with E-state index in [9.17, 15) is 14.7 Å². The van der Waals surface area contributed by atoms with Crippen molar-refractivity contribution in [1.29, 1.82) is 0 Å². The highest BCUT2D eigenvalue weighted by atomic mass is 16.5. The van der Waals surface area contributed by atoms with E-state index in [2.05, 4.69) is 6.92 Å². The van der Waals surface area contributed by atoms with Crippen molar-refractivity contribution < 1.29 is 24.2 Å². The largest absolute Gasteiger partial charge is 0.507 e. The quantitative estimate of drug-likeness (QED) is 0.253. The Morgan fingerprint density at radius 1 is 1.00 bits per heavy atom. The average Bonchev–Trinajstić information content (AvgIpc) is 3.14. The lowest BCUT2D eigenvalue weighted by Gasteiger charge is -2.26. The Morgan fingerprint density at radius 3 is 2.22 bits per heavy atom. The number of hydrogen-bond donors (Lipinski definition) is 1. The lowest BCUT2D eigenvalue weighted by molar-refractivity contribution is -0.132. The SMILES string of the molecule is CCc1ccc(C2/C(=C(/O)c3ccc(OC)c(C)c3)C(=O)C(=O)N2c2ccc(OC(C)C)cc2)cc1. The predicted octanol–water partition coefficient (Wildman–Crippen LogP) is 5.98. The van der Waals surface area contributed by atoms with Crippen molar-refractivity contribution in [3.63, 3.8) is 0 Å². The number of Topliss-reactive ketones (excluding diaryl/α,β-unsaturated/α-hetero) is 1. The van der Waals surface area contributed by atoms with Crippen LogP contribution in [0, 0.1) is 6.92 Å². The van der Waals surface area contributed by atoms with Crippen LogP contribution in [0.15, 0.2) is 72.3 Å². The van der Waals surface area contributed by atoms with Crippen LogP contribution in [0.25, 0.3) is 5.76 Å². The lowest BCUT2D eigenvalue weighted by atomic mass is 9.94. The van der Waals surface area contributed by atoms with Crippen molar-refractivity contribution in [2.24, 2.45) is 0 Å². The third-order valence-electron chi connectivity index (χ3n) is 6.30. The van der Waals surface area contributed by atoms with Gasteiger partial charge in [0.2, 0.25) is 0 Å². The van der Waals surface area contributed by atoms with Crippen LogP contribution in [0.4, 0.5) is 5.69 Å². The predicted molar refractivity (Wildman–Crippen MR) is 141 cm³/mol. The monoisotopic (exact) mass is 485 g/mol. The van der Waals surface area contributed by atoms with E-state index in [4.69, 9.17) is 9.47 Å². The Bertz CT molecular complexity index is 1310. The van der Waals surface area contributed by atoms with Gasteiger partial charge in [-0.25, -0.2) is 0 Å². The van der Waals surface area contributed by atoms with E-state index < -0.39 is 17.7 Å². The number of methoxy groups -OCH3 is 1. The van der Waals surface area contributed by atoms with Crippen molar-refractivity contribution in [1.82, 2.24) is 0 Å². The summed E-state index contributed by atoms with van der Waals surface area (Å²) in [6.45, 7) is 7.80. The maximum atomic E-state index is 13.4. The Kier molecular flexibility index (Phi) is 7.15. The number of aryl methyl sites for hydroxylation is 2. The van der Waals surface area contributed by atoms with Gasteiger partial charge >= 0.3 is 0 Å². The molecule has 3 aromatic carbocycles. The van der Waals surface area contributed by atoms with E-state index in [1.807, 2.05) is 45.0 Å². The lowest BCUT2D eigenvalue weighted by Crippen LogP contribution is -2.29. The van der Waals surface area contributed by atoms with Gasteiger partial charge in [-0.05, 0) is 86.3 Å². The maximum absolute atomic E-state index is 13.4. The number of ether oxygens (including phenoxy) is 2. The number of amides is 1. The molecule has 1 atom stereocenters. The summed E-state index contributed by atoms with van der Waals surface area (Å²) in [5, 5.41) is 11.4. The molecule has 1 unspecified atom stereocenters. The van der Waals surface area contributed by atoms with Crippen LogP contribution in [-0.4, -0.2) is 30.0 Å². The van der Waals surface area contributed by atoms with Gasteiger partial charge in [0.1, 0.15) is 17.3 Å². The number of benzene rings is 3. The minimum Gasteiger partial charge on any atom is -0.507 e. The Labute approximate surface area is 211 Å². The topological polar surface area (TPSA) is 76.1 Å². The van der Waals surface area contributed by atoms with Crippen LogP contribution in [0.2, 0.25) is 0 Å². The third-order valence-corrected chi connectivity index (χ3v) is 6.30. The zero-order valence-corrected chi connectivity index (χ0v) is 21.2. The number of carbonyl (C=O) groups is 2. The van der Waals surface area contributed by atoms with Crippen molar-refractivity contribution in [2.75, 3.05) is 12.0 Å². The highest BCUT2D eigenvalue weighted by molar-refractivity contribution is 6.51. The third kappa shape index (κ3) is 4.71. The van der Waals surface area contributed by atoms with Gasteiger partial charge in [0.05, 0.1) is 24.8 Å². The van der Waals surface area contributed by atoms with Crippen LogP contribution in [0.5, 0.6) is 11.5 Å². The fourth-order valence-electron chi connectivity index (χ4n) is 4.49. The molecular weight excluding hydrogens is 454 g/mol. The molecule has 1 amide bonds. The molecule has 1 aliphatic heterocycles. The van der Waals surface area contributed by atoms with E-state index in [0.29, 0.717) is 22.7 Å². The second-order valence-corrected chi connectivity index (χ2v) is 9.11. The first-order chi connectivity index (χ1) is 17.2. The fraction of sp³-hybridized carbons (Fsp3) is 0.267. The molecule has 1 heterocycles. The van der Waals surface area contributed by atoms with E-state index >= 15 is 0 Å². The van der Waals surface area contributed by atoms with Gasteiger partial charge in [-0.2, -0.15) is 0 Å². The summed E-state index contributed by atoms with van der Waals surface area (Å²) in [6, 6.07) is 19.2. The highest BCUT2D eigenvalue weighted by Gasteiger charge is 2.47. The number of rotatable bonds is 7. The minimum absolute atomic E-state index is 0.00936. The first-order valence-electron chi connectivity index (χ1n) is 12.1. The molecule has 6 nitrogen and oxygen atoms in total. The molecule has 0 saturated carbocycles. The van der Waals surface area contributed by atoms with Crippen molar-refractivity contribution in [3.8, 4) is 11.5 Å². The summed E-state index contributed by atoms with van der Waals surface area (Å²) in [5.74, 6) is -0.298. The Morgan fingerprint density at radius 2 is 1.67 bits per heavy atom. The van der Waals surface area contributed by atoms with Crippen molar-refractivity contribution in [2.45, 2.75) is 46.3 Å². The molecule has 0 radical (unpaired) electrons. The highest BCUT2D eigenvalue weighted by Crippen LogP contribution is 2.42.